The Morgan fingerprint density at radius 2 is 1.72 bits per heavy atom. The summed E-state index contributed by atoms with van der Waals surface area (Å²) >= 11 is 5.74. The summed E-state index contributed by atoms with van der Waals surface area (Å²) < 4.78 is 40.4. The van der Waals surface area contributed by atoms with Crippen LogP contribution in [0.15, 0.2) is 23.1 Å². The molecule has 1 saturated heterocycles. The molecule has 10 heteroatoms. The molecule has 1 aromatic rings. The molecule has 2 amide bonds. The molecule has 1 atom stereocenters. The fourth-order valence-corrected chi connectivity index (χ4v) is 5.98. The second kappa shape index (κ2) is 10.5. The molecule has 1 saturated carbocycles. The first kappa shape index (κ1) is 24.9. The van der Waals surface area contributed by atoms with Gasteiger partial charge in [0.25, 0.3) is 0 Å². The second-order valence-corrected chi connectivity index (χ2v) is 11.2. The van der Waals surface area contributed by atoms with Gasteiger partial charge in [-0.3, -0.25) is 9.59 Å². The maximum absolute atomic E-state index is 13.4. The van der Waals surface area contributed by atoms with E-state index in [1.165, 1.54) is 10.4 Å². The van der Waals surface area contributed by atoms with Crippen LogP contribution in [0.2, 0.25) is 5.02 Å². The summed E-state index contributed by atoms with van der Waals surface area (Å²) in [6.07, 6.45) is 4.93. The number of carbonyl (C=O) groups is 2. The Bertz CT molecular complexity index is 942. The van der Waals surface area contributed by atoms with Gasteiger partial charge in [0.2, 0.25) is 21.8 Å². The summed E-state index contributed by atoms with van der Waals surface area (Å²) in [4.78, 5) is 27.4. The highest BCUT2D eigenvalue weighted by Gasteiger charge is 2.35. The summed E-state index contributed by atoms with van der Waals surface area (Å²) in [5.74, 6) is -1.06. The normalized spacial score (nSPS) is 19.7. The third-order valence-corrected chi connectivity index (χ3v) is 8.47. The lowest BCUT2D eigenvalue weighted by molar-refractivity contribution is -0.139. The van der Waals surface area contributed by atoms with Gasteiger partial charge in [0, 0.05) is 32.1 Å². The summed E-state index contributed by atoms with van der Waals surface area (Å²) in [5.41, 5.74) is 0. The molecule has 0 radical (unpaired) electrons. The molecule has 0 bridgehead atoms. The van der Waals surface area contributed by atoms with Gasteiger partial charge in [0.1, 0.15) is 11.9 Å². The van der Waals surface area contributed by atoms with E-state index in [4.69, 9.17) is 11.6 Å². The third-order valence-electron chi connectivity index (χ3n) is 6.29. The fourth-order valence-electron chi connectivity index (χ4n) is 4.28. The summed E-state index contributed by atoms with van der Waals surface area (Å²) in [6.45, 7) is 4.45. The van der Waals surface area contributed by atoms with Crippen LogP contribution in [0.5, 0.6) is 0 Å². The number of hydrogen-bond donors (Lipinski definition) is 1. The van der Waals surface area contributed by atoms with Gasteiger partial charge in [-0.15, -0.1) is 0 Å². The van der Waals surface area contributed by atoms with Crippen molar-refractivity contribution >= 4 is 33.4 Å². The van der Waals surface area contributed by atoms with Crippen LogP contribution in [0.4, 0.5) is 4.39 Å². The number of amides is 2. The molecule has 2 aliphatic rings. The van der Waals surface area contributed by atoms with Crippen LogP contribution in [-0.4, -0.2) is 61.7 Å². The van der Waals surface area contributed by atoms with Crippen molar-refractivity contribution in [1.82, 2.24) is 14.5 Å². The lowest BCUT2D eigenvalue weighted by Crippen LogP contribution is -2.57. The third kappa shape index (κ3) is 5.61. The van der Waals surface area contributed by atoms with Crippen molar-refractivity contribution in [1.29, 1.82) is 0 Å². The zero-order valence-corrected chi connectivity index (χ0v) is 20.1. The molecule has 32 heavy (non-hydrogen) atoms. The fraction of sp³-hybridized carbons (Fsp3) is 0.636. The van der Waals surface area contributed by atoms with E-state index < -0.39 is 21.9 Å². The Balaban J connectivity index is 1.62. The van der Waals surface area contributed by atoms with Crippen LogP contribution in [-0.2, 0) is 19.6 Å². The predicted octanol–water partition coefficient (Wildman–Crippen LogP) is 3.03. The smallest absolute Gasteiger partial charge is 0.245 e. The summed E-state index contributed by atoms with van der Waals surface area (Å²) in [6, 6.07) is 2.67. The molecule has 0 spiro atoms. The first-order valence-corrected chi connectivity index (χ1v) is 13.0. The van der Waals surface area contributed by atoms with E-state index in [1.54, 1.807) is 4.90 Å². The number of carbonyl (C=O) groups excluding carboxylic acids is 2. The SMILES string of the molecule is CC(C)[C@H](NC(=O)C1CCCCC1)C(=O)N1CCN(S(=O)(=O)c2ccc(F)c(Cl)c2)CC1. The standard InChI is InChI=1S/C22H31ClFN3O4S/c1-15(2)20(25-21(28)16-6-4-3-5-7-16)22(29)26-10-12-27(13-11-26)32(30,31)17-8-9-19(24)18(23)14-17/h8-9,14-16,20H,3-7,10-13H2,1-2H3,(H,25,28)/t20-/m0/s1. The van der Waals surface area contributed by atoms with Crippen molar-refractivity contribution in [2.24, 2.45) is 11.8 Å². The van der Waals surface area contributed by atoms with Crippen LogP contribution in [0.25, 0.3) is 0 Å². The quantitative estimate of drug-likeness (QED) is 0.668. The molecule has 1 aliphatic carbocycles. The number of rotatable bonds is 6. The highest BCUT2D eigenvalue weighted by Crippen LogP contribution is 2.25. The van der Waals surface area contributed by atoms with Crippen LogP contribution in [0.1, 0.15) is 46.0 Å². The molecule has 0 aromatic heterocycles. The number of hydrogen-bond acceptors (Lipinski definition) is 4. The molecule has 1 aliphatic heterocycles. The van der Waals surface area contributed by atoms with Gasteiger partial charge in [-0.25, -0.2) is 12.8 Å². The molecular formula is C22H31ClFN3O4S. The molecule has 0 unspecified atom stereocenters. The first-order chi connectivity index (χ1) is 15.1. The van der Waals surface area contributed by atoms with Crippen LogP contribution in [0.3, 0.4) is 0 Å². The minimum Gasteiger partial charge on any atom is -0.344 e. The average Bonchev–Trinajstić information content (AvgIpc) is 2.79. The summed E-state index contributed by atoms with van der Waals surface area (Å²) in [7, 11) is -3.85. The van der Waals surface area contributed by atoms with E-state index in [0.29, 0.717) is 0 Å². The monoisotopic (exact) mass is 487 g/mol. The van der Waals surface area contributed by atoms with Crippen molar-refractivity contribution < 1.29 is 22.4 Å². The van der Waals surface area contributed by atoms with E-state index in [0.717, 1.165) is 44.2 Å². The van der Waals surface area contributed by atoms with Gasteiger partial charge in [-0.05, 0) is 37.0 Å². The zero-order valence-electron chi connectivity index (χ0n) is 18.5. The van der Waals surface area contributed by atoms with Gasteiger partial charge < -0.3 is 10.2 Å². The molecular weight excluding hydrogens is 457 g/mol. The number of sulfonamides is 1. The second-order valence-electron chi connectivity index (χ2n) is 8.87. The average molecular weight is 488 g/mol. The lowest BCUT2D eigenvalue weighted by atomic mass is 9.88. The van der Waals surface area contributed by atoms with Gasteiger partial charge in [0.15, 0.2) is 0 Å². The number of piperazine rings is 1. The maximum atomic E-state index is 13.4. The van der Waals surface area contributed by atoms with E-state index in [1.807, 2.05) is 13.8 Å². The Labute approximate surface area is 194 Å². The Morgan fingerprint density at radius 3 is 2.28 bits per heavy atom. The van der Waals surface area contributed by atoms with Gasteiger partial charge >= 0.3 is 0 Å². The number of nitrogens with one attached hydrogen (secondary N) is 1. The van der Waals surface area contributed by atoms with Crippen molar-refractivity contribution in [3.05, 3.63) is 29.0 Å². The van der Waals surface area contributed by atoms with E-state index in [9.17, 15) is 22.4 Å². The van der Waals surface area contributed by atoms with Crippen molar-refractivity contribution in [2.75, 3.05) is 26.2 Å². The molecule has 3 rings (SSSR count). The zero-order chi connectivity index (χ0) is 23.5. The Kier molecular flexibility index (Phi) is 8.16. The van der Waals surface area contributed by atoms with Gasteiger partial charge in [0.05, 0.1) is 9.92 Å². The highest BCUT2D eigenvalue weighted by atomic mass is 35.5. The first-order valence-electron chi connectivity index (χ1n) is 11.2. The Morgan fingerprint density at radius 1 is 1.09 bits per heavy atom. The van der Waals surface area contributed by atoms with E-state index in [-0.39, 0.29) is 59.7 Å². The minimum absolute atomic E-state index is 0.0395. The number of benzene rings is 1. The lowest BCUT2D eigenvalue weighted by Gasteiger charge is -2.37. The largest absolute Gasteiger partial charge is 0.344 e. The molecule has 1 N–H and O–H groups in total. The molecule has 1 heterocycles. The van der Waals surface area contributed by atoms with Crippen LogP contribution in [0, 0.1) is 17.7 Å². The predicted molar refractivity (Wildman–Crippen MR) is 120 cm³/mol. The Hall–Kier alpha value is -1.71. The number of nitrogens with zero attached hydrogens (tertiary/aromatic N) is 2. The van der Waals surface area contributed by atoms with Crippen LogP contribution >= 0.6 is 11.6 Å². The van der Waals surface area contributed by atoms with E-state index >= 15 is 0 Å². The summed E-state index contributed by atoms with van der Waals surface area (Å²) in [5, 5.41) is 2.69. The van der Waals surface area contributed by atoms with Gasteiger partial charge in [-0.1, -0.05) is 44.7 Å². The molecule has 2 fully saturated rings. The van der Waals surface area contributed by atoms with Crippen LogP contribution < -0.4 is 5.32 Å². The maximum Gasteiger partial charge on any atom is 0.245 e. The van der Waals surface area contributed by atoms with Gasteiger partial charge in [-0.2, -0.15) is 4.31 Å². The molecule has 178 valence electrons. The molecule has 7 nitrogen and oxygen atoms in total. The topological polar surface area (TPSA) is 86.8 Å². The highest BCUT2D eigenvalue weighted by molar-refractivity contribution is 7.89. The minimum atomic E-state index is -3.85. The van der Waals surface area contributed by atoms with E-state index in [2.05, 4.69) is 5.32 Å². The van der Waals surface area contributed by atoms with Crippen molar-refractivity contribution in [3.8, 4) is 0 Å². The van der Waals surface area contributed by atoms with Crippen molar-refractivity contribution in [3.63, 3.8) is 0 Å². The number of halogens is 2. The molecule has 1 aromatic carbocycles. The van der Waals surface area contributed by atoms with Crippen molar-refractivity contribution in [2.45, 2.75) is 56.9 Å².